The number of halogens is 3. The third-order valence-electron chi connectivity index (χ3n) is 2.98. The van der Waals surface area contributed by atoms with Crippen LogP contribution in [-0.4, -0.2) is 26.4 Å². The molecule has 1 unspecified atom stereocenters. The molecular formula is C12H16F3NO2S. The van der Waals surface area contributed by atoms with Crippen molar-refractivity contribution in [2.45, 2.75) is 36.6 Å². The Morgan fingerprint density at radius 1 is 1.21 bits per heavy atom. The van der Waals surface area contributed by atoms with Crippen molar-refractivity contribution in [3.8, 4) is 0 Å². The van der Waals surface area contributed by atoms with Gasteiger partial charge in [0.2, 0.25) is 0 Å². The average molecular weight is 295 g/mol. The Kier molecular flexibility index (Phi) is 4.63. The van der Waals surface area contributed by atoms with Gasteiger partial charge in [0.1, 0.15) is 0 Å². The van der Waals surface area contributed by atoms with Gasteiger partial charge in [-0.25, -0.2) is 8.42 Å². The molecular weight excluding hydrogens is 279 g/mol. The molecule has 0 bridgehead atoms. The van der Waals surface area contributed by atoms with Crippen molar-refractivity contribution in [2.24, 2.45) is 5.73 Å². The van der Waals surface area contributed by atoms with Crippen LogP contribution in [0.3, 0.4) is 0 Å². The lowest BCUT2D eigenvalue weighted by molar-refractivity contribution is -0.131. The maximum atomic E-state index is 12.8. The molecule has 108 valence electrons. The van der Waals surface area contributed by atoms with Gasteiger partial charge in [-0.1, -0.05) is 6.07 Å². The maximum Gasteiger partial charge on any atom is 0.405 e. The second-order valence-corrected chi connectivity index (χ2v) is 6.53. The van der Waals surface area contributed by atoms with Crippen LogP contribution in [0.1, 0.15) is 17.5 Å². The van der Waals surface area contributed by atoms with Crippen molar-refractivity contribution in [3.63, 3.8) is 0 Å². The van der Waals surface area contributed by atoms with E-state index in [0.717, 1.165) is 5.56 Å². The van der Waals surface area contributed by atoms with Crippen molar-refractivity contribution in [1.82, 2.24) is 0 Å². The van der Waals surface area contributed by atoms with E-state index in [1.54, 1.807) is 13.8 Å². The van der Waals surface area contributed by atoms with Crippen LogP contribution in [0.25, 0.3) is 0 Å². The summed E-state index contributed by atoms with van der Waals surface area (Å²) in [5, 5.41) is -2.45. The summed E-state index contributed by atoms with van der Waals surface area (Å²) in [5.41, 5.74) is 6.55. The normalized spacial score (nSPS) is 14.4. The lowest BCUT2D eigenvalue weighted by Gasteiger charge is -2.20. The van der Waals surface area contributed by atoms with E-state index < -0.39 is 27.7 Å². The van der Waals surface area contributed by atoms with E-state index in [0.29, 0.717) is 5.56 Å². The minimum Gasteiger partial charge on any atom is -0.330 e. The molecule has 2 N–H and O–H groups in total. The highest BCUT2D eigenvalue weighted by atomic mass is 32.2. The molecule has 0 aliphatic carbocycles. The maximum absolute atomic E-state index is 12.8. The van der Waals surface area contributed by atoms with Crippen LogP contribution >= 0.6 is 0 Å². The van der Waals surface area contributed by atoms with Crippen molar-refractivity contribution in [1.29, 1.82) is 0 Å². The molecule has 0 spiro atoms. The summed E-state index contributed by atoms with van der Waals surface area (Å²) in [6, 6.07) is 3.96. The van der Waals surface area contributed by atoms with Gasteiger partial charge in [-0.15, -0.1) is 0 Å². The fourth-order valence-electron chi connectivity index (χ4n) is 1.70. The minimum absolute atomic E-state index is 0.314. The Bertz CT molecular complexity index is 553. The Morgan fingerprint density at radius 2 is 1.79 bits per heavy atom. The average Bonchev–Trinajstić information content (AvgIpc) is 2.27. The van der Waals surface area contributed by atoms with Crippen LogP contribution in [0.2, 0.25) is 0 Å². The monoisotopic (exact) mass is 295 g/mol. The summed E-state index contributed by atoms with van der Waals surface area (Å²) in [4.78, 5) is -0.314. The van der Waals surface area contributed by atoms with Gasteiger partial charge >= 0.3 is 6.18 Å². The van der Waals surface area contributed by atoms with Gasteiger partial charge < -0.3 is 5.73 Å². The van der Waals surface area contributed by atoms with E-state index in [-0.39, 0.29) is 11.4 Å². The molecule has 0 aromatic heterocycles. The first-order chi connectivity index (χ1) is 8.60. The summed E-state index contributed by atoms with van der Waals surface area (Å²) < 4.78 is 62.6. The van der Waals surface area contributed by atoms with Gasteiger partial charge in [-0.2, -0.15) is 13.2 Å². The van der Waals surface area contributed by atoms with Gasteiger partial charge in [0, 0.05) is 0 Å². The van der Waals surface area contributed by atoms with E-state index in [2.05, 4.69) is 0 Å². The highest BCUT2D eigenvalue weighted by Crippen LogP contribution is 2.32. The number of hydrogen-bond acceptors (Lipinski definition) is 3. The van der Waals surface area contributed by atoms with Crippen LogP contribution in [0.5, 0.6) is 0 Å². The zero-order valence-electron chi connectivity index (χ0n) is 10.7. The van der Waals surface area contributed by atoms with Crippen molar-refractivity contribution in [2.75, 3.05) is 6.54 Å². The third kappa shape index (κ3) is 3.48. The second kappa shape index (κ2) is 5.50. The van der Waals surface area contributed by atoms with Crippen LogP contribution in [0.15, 0.2) is 23.1 Å². The first-order valence-electron chi connectivity index (χ1n) is 5.68. The molecule has 0 saturated heterocycles. The standard InChI is InChI=1S/C12H16F3NO2S/c1-8-3-4-10(7-9(8)2)19(17,18)11(5-6-16)12(13,14)15/h3-4,7,11H,5-6,16H2,1-2H3. The molecule has 0 amide bonds. The fourth-order valence-corrected chi connectivity index (χ4v) is 3.43. The molecule has 0 aliphatic heterocycles. The molecule has 0 aliphatic rings. The fraction of sp³-hybridized carbons (Fsp3) is 0.500. The number of benzene rings is 1. The lowest BCUT2D eigenvalue weighted by atomic mass is 10.1. The summed E-state index contributed by atoms with van der Waals surface area (Å²) in [7, 11) is -4.47. The Morgan fingerprint density at radius 3 is 2.21 bits per heavy atom. The SMILES string of the molecule is Cc1ccc(S(=O)(=O)C(CCN)C(F)(F)F)cc1C. The summed E-state index contributed by atoms with van der Waals surface area (Å²) in [6.45, 7) is 3.07. The Labute approximate surface area is 110 Å². The van der Waals surface area contributed by atoms with Gasteiger partial charge in [0.15, 0.2) is 15.1 Å². The van der Waals surface area contributed by atoms with E-state index in [9.17, 15) is 21.6 Å². The van der Waals surface area contributed by atoms with Gasteiger partial charge in [-0.05, 0) is 50.1 Å². The molecule has 7 heteroatoms. The van der Waals surface area contributed by atoms with Crippen molar-refractivity contribution >= 4 is 9.84 Å². The van der Waals surface area contributed by atoms with E-state index in [1.807, 2.05) is 0 Å². The second-order valence-electron chi connectivity index (χ2n) is 4.40. The highest BCUT2D eigenvalue weighted by Gasteiger charge is 2.48. The Hall–Kier alpha value is -1.08. The zero-order valence-corrected chi connectivity index (χ0v) is 11.5. The summed E-state index contributed by atoms with van der Waals surface area (Å²) >= 11 is 0. The minimum atomic E-state index is -4.82. The number of aryl methyl sites for hydroxylation is 2. The molecule has 3 nitrogen and oxygen atoms in total. The van der Waals surface area contributed by atoms with Gasteiger partial charge in [-0.3, -0.25) is 0 Å². The number of hydrogen-bond donors (Lipinski definition) is 1. The molecule has 1 aromatic rings. The van der Waals surface area contributed by atoms with Crippen LogP contribution in [0.4, 0.5) is 13.2 Å². The molecule has 1 aromatic carbocycles. The molecule has 1 rings (SSSR count). The predicted octanol–water partition coefficient (Wildman–Crippen LogP) is 2.36. The van der Waals surface area contributed by atoms with E-state index in [1.165, 1.54) is 18.2 Å². The van der Waals surface area contributed by atoms with Gasteiger partial charge in [0.05, 0.1) is 4.90 Å². The van der Waals surface area contributed by atoms with Crippen molar-refractivity contribution in [3.05, 3.63) is 29.3 Å². The number of rotatable bonds is 4. The first-order valence-corrected chi connectivity index (χ1v) is 7.23. The summed E-state index contributed by atoms with van der Waals surface area (Å²) in [5.74, 6) is 0. The topological polar surface area (TPSA) is 60.2 Å². The predicted molar refractivity (Wildman–Crippen MR) is 66.6 cm³/mol. The summed E-state index contributed by atoms with van der Waals surface area (Å²) in [6.07, 6.45) is -5.46. The highest BCUT2D eigenvalue weighted by molar-refractivity contribution is 7.92. The van der Waals surface area contributed by atoms with E-state index >= 15 is 0 Å². The van der Waals surface area contributed by atoms with E-state index in [4.69, 9.17) is 5.73 Å². The lowest BCUT2D eigenvalue weighted by Crippen LogP contribution is -2.38. The molecule has 0 heterocycles. The molecule has 0 saturated carbocycles. The molecule has 1 atom stereocenters. The van der Waals surface area contributed by atoms with Crippen LogP contribution in [0, 0.1) is 13.8 Å². The number of sulfone groups is 1. The largest absolute Gasteiger partial charge is 0.405 e. The quantitative estimate of drug-likeness (QED) is 0.927. The van der Waals surface area contributed by atoms with Crippen LogP contribution < -0.4 is 5.73 Å². The van der Waals surface area contributed by atoms with Gasteiger partial charge in [0.25, 0.3) is 0 Å². The Balaban J connectivity index is 3.31. The van der Waals surface area contributed by atoms with Crippen LogP contribution in [-0.2, 0) is 9.84 Å². The third-order valence-corrected chi connectivity index (χ3v) is 5.14. The smallest absolute Gasteiger partial charge is 0.330 e. The molecule has 0 radical (unpaired) electrons. The number of nitrogens with two attached hydrogens (primary N) is 1. The molecule has 0 fully saturated rings. The molecule has 19 heavy (non-hydrogen) atoms. The first kappa shape index (κ1) is 16.0. The zero-order chi connectivity index (χ0) is 14.8. The number of alkyl halides is 3. The van der Waals surface area contributed by atoms with Crippen molar-refractivity contribution < 1.29 is 21.6 Å².